The normalized spacial score (nSPS) is 13.9. The van der Waals surface area contributed by atoms with Crippen molar-refractivity contribution < 1.29 is 9.53 Å². The maximum Gasteiger partial charge on any atom is 0.230 e. The Morgan fingerprint density at radius 3 is 2.78 bits per heavy atom. The van der Waals surface area contributed by atoms with Crippen LogP contribution in [0.15, 0.2) is 41.1 Å². The van der Waals surface area contributed by atoms with Gasteiger partial charge < -0.3 is 14.6 Å². The van der Waals surface area contributed by atoms with Crippen LogP contribution in [0, 0.1) is 0 Å². The summed E-state index contributed by atoms with van der Waals surface area (Å²) in [5, 5.41) is 12.2. The number of hydrogen-bond donors (Lipinski definition) is 1. The van der Waals surface area contributed by atoms with E-state index in [0.717, 1.165) is 28.7 Å². The molecule has 1 N–H and O–H groups in total. The molecule has 1 aliphatic rings. The number of carbonyl (C=O) groups excluding carboxylic acids is 1. The SMILES string of the molecule is COc1ccc(-c2nnc(SCC(=O)NCCC3=CCCCC3)n2C)cc1. The van der Waals surface area contributed by atoms with E-state index >= 15 is 0 Å². The number of aromatic nitrogens is 3. The zero-order valence-electron chi connectivity index (χ0n) is 15.9. The molecular formula is C20H26N4O2S. The largest absolute Gasteiger partial charge is 0.497 e. The van der Waals surface area contributed by atoms with Crippen LogP contribution in [-0.2, 0) is 11.8 Å². The topological polar surface area (TPSA) is 69.0 Å². The summed E-state index contributed by atoms with van der Waals surface area (Å²) in [4.78, 5) is 12.1. The highest BCUT2D eigenvalue weighted by Crippen LogP contribution is 2.24. The van der Waals surface area contributed by atoms with Gasteiger partial charge in [0.25, 0.3) is 0 Å². The van der Waals surface area contributed by atoms with Gasteiger partial charge in [0.05, 0.1) is 12.9 Å². The van der Waals surface area contributed by atoms with E-state index in [0.29, 0.717) is 12.3 Å². The number of methoxy groups -OCH3 is 1. The average Bonchev–Trinajstić information content (AvgIpc) is 3.08. The molecule has 144 valence electrons. The van der Waals surface area contributed by atoms with Crippen LogP contribution < -0.4 is 10.1 Å². The van der Waals surface area contributed by atoms with Crippen molar-refractivity contribution in [3.63, 3.8) is 0 Å². The molecule has 0 atom stereocenters. The van der Waals surface area contributed by atoms with E-state index in [1.54, 1.807) is 7.11 Å². The zero-order valence-corrected chi connectivity index (χ0v) is 16.7. The van der Waals surface area contributed by atoms with Crippen molar-refractivity contribution in [3.8, 4) is 17.1 Å². The van der Waals surface area contributed by atoms with Crippen LogP contribution in [0.2, 0.25) is 0 Å². The van der Waals surface area contributed by atoms with Crippen LogP contribution >= 0.6 is 11.8 Å². The number of thioether (sulfide) groups is 1. The molecule has 2 aromatic rings. The smallest absolute Gasteiger partial charge is 0.230 e. The lowest BCUT2D eigenvalue weighted by Gasteiger charge is -2.12. The second kappa shape index (κ2) is 9.60. The lowest BCUT2D eigenvalue weighted by atomic mass is 9.97. The zero-order chi connectivity index (χ0) is 19.1. The number of nitrogens with one attached hydrogen (secondary N) is 1. The summed E-state index contributed by atoms with van der Waals surface area (Å²) in [6, 6.07) is 7.69. The van der Waals surface area contributed by atoms with Crippen molar-refractivity contribution in [2.75, 3.05) is 19.4 Å². The quantitative estimate of drug-likeness (QED) is 0.555. The second-order valence-corrected chi connectivity index (χ2v) is 7.53. The first kappa shape index (κ1) is 19.5. The first-order chi connectivity index (χ1) is 13.2. The Labute approximate surface area is 164 Å². The van der Waals surface area contributed by atoms with Gasteiger partial charge in [0.15, 0.2) is 11.0 Å². The Morgan fingerprint density at radius 1 is 1.26 bits per heavy atom. The van der Waals surface area contributed by atoms with Crippen LogP contribution in [0.1, 0.15) is 32.1 Å². The van der Waals surface area contributed by atoms with Crippen LogP contribution in [0.4, 0.5) is 0 Å². The Balaban J connectivity index is 1.48. The molecule has 0 saturated heterocycles. The number of benzene rings is 1. The number of carbonyl (C=O) groups is 1. The summed E-state index contributed by atoms with van der Waals surface area (Å²) in [6.45, 7) is 0.709. The molecule has 1 aromatic heterocycles. The number of nitrogens with zero attached hydrogens (tertiary/aromatic N) is 3. The van der Waals surface area contributed by atoms with Gasteiger partial charge in [-0.25, -0.2) is 0 Å². The summed E-state index contributed by atoms with van der Waals surface area (Å²) < 4.78 is 7.09. The van der Waals surface area contributed by atoms with Gasteiger partial charge in [-0.05, 0) is 56.4 Å². The Bertz CT molecular complexity index is 799. The lowest BCUT2D eigenvalue weighted by molar-refractivity contribution is -0.118. The summed E-state index contributed by atoms with van der Waals surface area (Å²) >= 11 is 1.40. The van der Waals surface area contributed by atoms with E-state index in [-0.39, 0.29) is 5.91 Å². The minimum absolute atomic E-state index is 0.0328. The number of allylic oxidation sites excluding steroid dienone is 1. The highest BCUT2D eigenvalue weighted by molar-refractivity contribution is 7.99. The van der Waals surface area contributed by atoms with Gasteiger partial charge in [-0.2, -0.15) is 0 Å². The molecule has 1 aliphatic carbocycles. The van der Waals surface area contributed by atoms with E-state index in [9.17, 15) is 4.79 Å². The Kier molecular flexibility index (Phi) is 6.92. The van der Waals surface area contributed by atoms with Crippen molar-refractivity contribution in [2.24, 2.45) is 7.05 Å². The third kappa shape index (κ3) is 5.35. The average molecular weight is 387 g/mol. The van der Waals surface area contributed by atoms with E-state index in [1.807, 2.05) is 35.9 Å². The highest BCUT2D eigenvalue weighted by atomic mass is 32.2. The summed E-state index contributed by atoms with van der Waals surface area (Å²) in [5.41, 5.74) is 2.44. The number of hydrogen-bond acceptors (Lipinski definition) is 5. The van der Waals surface area contributed by atoms with Crippen LogP contribution in [0.5, 0.6) is 5.75 Å². The van der Waals surface area contributed by atoms with Gasteiger partial charge in [0.1, 0.15) is 5.75 Å². The third-order valence-corrected chi connectivity index (χ3v) is 5.69. The third-order valence-electron chi connectivity index (χ3n) is 4.67. The van der Waals surface area contributed by atoms with E-state index in [2.05, 4.69) is 21.6 Å². The monoisotopic (exact) mass is 386 g/mol. The molecule has 0 saturated carbocycles. The van der Waals surface area contributed by atoms with Crippen molar-refractivity contribution in [1.82, 2.24) is 20.1 Å². The fraction of sp³-hybridized carbons (Fsp3) is 0.450. The molecular weight excluding hydrogens is 360 g/mol. The Morgan fingerprint density at radius 2 is 2.07 bits per heavy atom. The van der Waals surface area contributed by atoms with Crippen molar-refractivity contribution in [1.29, 1.82) is 0 Å². The van der Waals surface area contributed by atoms with Crippen LogP contribution in [0.25, 0.3) is 11.4 Å². The molecule has 6 nitrogen and oxygen atoms in total. The number of rotatable bonds is 8. The predicted octanol–water partition coefficient (Wildman–Crippen LogP) is 3.59. The standard InChI is InChI=1S/C20H26N4O2S/c1-24-19(16-8-10-17(26-2)11-9-16)22-23-20(24)27-14-18(25)21-13-12-15-6-4-3-5-7-15/h6,8-11H,3-5,7,12-14H2,1-2H3,(H,21,25). The lowest BCUT2D eigenvalue weighted by Crippen LogP contribution is -2.26. The number of ether oxygens (including phenoxy) is 1. The molecule has 0 bridgehead atoms. The molecule has 7 heteroatoms. The van der Waals surface area contributed by atoms with Crippen molar-refractivity contribution in [2.45, 2.75) is 37.3 Å². The van der Waals surface area contributed by atoms with Crippen molar-refractivity contribution >= 4 is 17.7 Å². The molecule has 0 spiro atoms. The summed E-state index contributed by atoms with van der Waals surface area (Å²) in [6.07, 6.45) is 8.22. The Hall–Kier alpha value is -2.28. The maximum absolute atomic E-state index is 12.1. The van der Waals surface area contributed by atoms with Gasteiger partial charge in [-0.1, -0.05) is 23.4 Å². The van der Waals surface area contributed by atoms with Gasteiger partial charge in [0, 0.05) is 19.2 Å². The molecule has 1 aromatic carbocycles. The van der Waals surface area contributed by atoms with Crippen molar-refractivity contribution in [3.05, 3.63) is 35.9 Å². The first-order valence-corrected chi connectivity index (χ1v) is 10.3. The molecule has 3 rings (SSSR count). The summed E-state index contributed by atoms with van der Waals surface area (Å²) in [7, 11) is 3.55. The fourth-order valence-electron chi connectivity index (χ4n) is 3.11. The molecule has 1 amide bonds. The van der Waals surface area contributed by atoms with Gasteiger partial charge in [0.2, 0.25) is 5.91 Å². The van der Waals surface area contributed by atoms with Crippen LogP contribution in [-0.4, -0.2) is 40.1 Å². The fourth-order valence-corrected chi connectivity index (χ4v) is 3.85. The molecule has 0 fully saturated rings. The first-order valence-electron chi connectivity index (χ1n) is 9.28. The van der Waals surface area contributed by atoms with Crippen LogP contribution in [0.3, 0.4) is 0 Å². The van der Waals surface area contributed by atoms with Gasteiger partial charge in [-0.15, -0.1) is 10.2 Å². The minimum atomic E-state index is 0.0328. The van der Waals surface area contributed by atoms with E-state index in [4.69, 9.17) is 4.74 Å². The van der Waals surface area contributed by atoms with Gasteiger partial charge >= 0.3 is 0 Å². The number of amides is 1. The maximum atomic E-state index is 12.1. The molecule has 0 radical (unpaired) electrons. The minimum Gasteiger partial charge on any atom is -0.497 e. The molecule has 0 unspecified atom stereocenters. The molecule has 27 heavy (non-hydrogen) atoms. The molecule has 0 aliphatic heterocycles. The van der Waals surface area contributed by atoms with E-state index < -0.39 is 0 Å². The second-order valence-electron chi connectivity index (χ2n) is 6.59. The van der Waals surface area contributed by atoms with E-state index in [1.165, 1.54) is 43.0 Å². The summed E-state index contributed by atoms with van der Waals surface area (Å²) in [5.74, 6) is 1.94. The van der Waals surface area contributed by atoms with Gasteiger partial charge in [-0.3, -0.25) is 4.79 Å². The highest BCUT2D eigenvalue weighted by Gasteiger charge is 2.13. The molecule has 1 heterocycles. The predicted molar refractivity (Wildman–Crippen MR) is 108 cm³/mol.